The lowest BCUT2D eigenvalue weighted by Crippen LogP contribution is -2.44. The molecule has 0 bridgehead atoms. The Kier molecular flexibility index (Phi) is 7.36. The zero-order valence-electron chi connectivity index (χ0n) is 11.7. The summed E-state index contributed by atoms with van der Waals surface area (Å²) in [6, 6.07) is 0. The summed E-state index contributed by atoms with van der Waals surface area (Å²) in [5.74, 6) is -5.47. The van der Waals surface area contributed by atoms with E-state index in [0.717, 1.165) is 0 Å². The molecule has 0 spiro atoms. The van der Waals surface area contributed by atoms with E-state index in [-0.39, 0.29) is 0 Å². The van der Waals surface area contributed by atoms with E-state index in [1.807, 2.05) is 0 Å². The molecule has 0 N–H and O–H groups in total. The lowest BCUT2D eigenvalue weighted by atomic mass is 10.4. The molecule has 0 aliphatic carbocycles. The number of ether oxygens (including phenoxy) is 2. The van der Waals surface area contributed by atoms with Crippen molar-refractivity contribution >= 4 is 32.4 Å². The number of hydrogen-bond acceptors (Lipinski definition) is 8. The quantitative estimate of drug-likeness (QED) is 0.240. The van der Waals surface area contributed by atoms with Crippen LogP contribution in [-0.4, -0.2) is 64.8 Å². The van der Waals surface area contributed by atoms with Crippen molar-refractivity contribution in [2.24, 2.45) is 0 Å². The Labute approximate surface area is 139 Å². The van der Waals surface area contributed by atoms with Crippen LogP contribution < -0.4 is 0 Å². The van der Waals surface area contributed by atoms with Gasteiger partial charge in [0.25, 0.3) is 10.5 Å². The van der Waals surface area contributed by atoms with Gasteiger partial charge < -0.3 is 9.47 Å². The molecular weight excluding hydrogens is 440 g/mol. The molecule has 2 atom stereocenters. The maximum atomic E-state index is 12.4. The van der Waals surface area contributed by atoms with Crippen LogP contribution in [0.15, 0.2) is 0 Å². The first-order valence-corrected chi connectivity index (χ1v) is 8.52. The maximum absolute atomic E-state index is 12.4. The number of alkyl halides is 6. The summed E-state index contributed by atoms with van der Waals surface area (Å²) in [7, 11) is -13.0. The van der Waals surface area contributed by atoms with Crippen LogP contribution in [0.25, 0.3) is 0 Å². The highest BCUT2D eigenvalue weighted by Gasteiger charge is 2.57. The maximum Gasteiger partial charge on any atom is 0.418 e. The van der Waals surface area contributed by atoms with Crippen LogP contribution in [0.2, 0.25) is 0 Å². The van der Waals surface area contributed by atoms with E-state index in [0.29, 0.717) is 0 Å². The van der Waals surface area contributed by atoms with Crippen LogP contribution in [0.4, 0.5) is 34.1 Å². The van der Waals surface area contributed by atoms with Crippen molar-refractivity contribution in [3.05, 3.63) is 0 Å². The Morgan fingerprint density at radius 2 is 0.923 bits per heavy atom. The third-order valence-corrected chi connectivity index (χ3v) is 4.20. The van der Waals surface area contributed by atoms with Crippen LogP contribution in [-0.2, 0) is 39.5 Å². The van der Waals surface area contributed by atoms with E-state index >= 15 is 0 Å². The molecule has 154 valence electrons. The predicted octanol–water partition coefficient (Wildman–Crippen LogP) is 0.533. The lowest BCUT2D eigenvalue weighted by Gasteiger charge is -2.16. The molecule has 0 saturated carbocycles. The van der Waals surface area contributed by atoms with Crippen molar-refractivity contribution in [1.29, 1.82) is 0 Å². The van der Waals surface area contributed by atoms with Gasteiger partial charge in [0.2, 0.25) is 0 Å². The summed E-state index contributed by atoms with van der Waals surface area (Å²) in [6.45, 7) is -3.05. The SMILES string of the molecule is O=C(OCCOC(=O)C(C(F)(F)F)S(=O)(=O)F)C(C(F)(F)F)S(=O)(=O)F. The molecule has 26 heavy (non-hydrogen) atoms. The summed E-state index contributed by atoms with van der Waals surface area (Å²) in [5, 5.41) is -8.53. The molecule has 0 aromatic heterocycles. The van der Waals surface area contributed by atoms with E-state index in [1.54, 1.807) is 0 Å². The number of carbonyl (C=O) groups excluding carboxylic acids is 2. The van der Waals surface area contributed by atoms with Gasteiger partial charge >= 0.3 is 44.7 Å². The molecule has 0 fully saturated rings. The van der Waals surface area contributed by atoms with Crippen LogP contribution in [0.1, 0.15) is 0 Å². The third-order valence-electron chi connectivity index (χ3n) is 2.16. The van der Waals surface area contributed by atoms with Gasteiger partial charge in [-0.3, -0.25) is 9.59 Å². The zero-order valence-corrected chi connectivity index (χ0v) is 13.3. The van der Waals surface area contributed by atoms with Gasteiger partial charge in [0, 0.05) is 0 Å². The Morgan fingerprint density at radius 1 is 0.692 bits per heavy atom. The van der Waals surface area contributed by atoms with Crippen molar-refractivity contribution in [1.82, 2.24) is 0 Å². The van der Waals surface area contributed by atoms with Gasteiger partial charge in [-0.1, -0.05) is 0 Å². The topological polar surface area (TPSA) is 121 Å². The first-order chi connectivity index (χ1) is 11.3. The lowest BCUT2D eigenvalue weighted by molar-refractivity contribution is -0.177. The zero-order chi connectivity index (χ0) is 21.1. The van der Waals surface area contributed by atoms with Crippen molar-refractivity contribution in [2.75, 3.05) is 13.2 Å². The standard InChI is InChI=1S/C8H6F8O8S2/c9-7(10,11)3(25(15,19)20)5(17)23-1-2-24-6(18)4(8(12,13)14)26(16,21)22/h3-4H,1-2H2. The number of hydrogen-bond donors (Lipinski definition) is 0. The summed E-state index contributed by atoms with van der Waals surface area (Å²) in [5.41, 5.74) is 0. The minimum Gasteiger partial charge on any atom is -0.461 e. The summed E-state index contributed by atoms with van der Waals surface area (Å²) < 4.78 is 146. The largest absolute Gasteiger partial charge is 0.461 e. The Balaban J connectivity index is 4.90. The smallest absolute Gasteiger partial charge is 0.418 e. The molecule has 0 heterocycles. The molecule has 18 heteroatoms. The molecule has 0 radical (unpaired) electrons. The summed E-state index contributed by atoms with van der Waals surface area (Å²) in [4.78, 5) is 21.8. The van der Waals surface area contributed by atoms with Gasteiger partial charge in [-0.25, -0.2) is 0 Å². The molecule has 0 aliphatic heterocycles. The van der Waals surface area contributed by atoms with E-state index in [9.17, 15) is 60.5 Å². The Bertz CT molecular complexity index is 673. The Hall–Kier alpha value is -1.72. The number of carbonyl (C=O) groups is 2. The average molecular weight is 446 g/mol. The van der Waals surface area contributed by atoms with E-state index in [1.165, 1.54) is 0 Å². The predicted molar refractivity (Wildman–Crippen MR) is 61.7 cm³/mol. The van der Waals surface area contributed by atoms with Crippen LogP contribution in [0.5, 0.6) is 0 Å². The number of esters is 2. The Morgan fingerprint density at radius 3 is 1.08 bits per heavy atom. The van der Waals surface area contributed by atoms with E-state index in [2.05, 4.69) is 9.47 Å². The first kappa shape index (κ1) is 24.3. The molecule has 8 nitrogen and oxygen atoms in total. The van der Waals surface area contributed by atoms with Gasteiger partial charge in [0.1, 0.15) is 13.2 Å². The monoisotopic (exact) mass is 446 g/mol. The second-order valence-corrected chi connectivity index (χ2v) is 6.97. The van der Waals surface area contributed by atoms with Crippen LogP contribution >= 0.6 is 0 Å². The second kappa shape index (κ2) is 7.89. The van der Waals surface area contributed by atoms with Crippen molar-refractivity contribution in [3.8, 4) is 0 Å². The van der Waals surface area contributed by atoms with Gasteiger partial charge in [-0.2, -0.15) is 43.2 Å². The number of halogens is 8. The molecule has 0 aromatic carbocycles. The fourth-order valence-electron chi connectivity index (χ4n) is 1.25. The van der Waals surface area contributed by atoms with Gasteiger partial charge in [-0.05, 0) is 0 Å². The van der Waals surface area contributed by atoms with E-state index in [4.69, 9.17) is 0 Å². The highest BCUT2D eigenvalue weighted by molar-refractivity contribution is 7.88. The van der Waals surface area contributed by atoms with Gasteiger partial charge in [0.15, 0.2) is 0 Å². The molecular formula is C8H6F8O8S2. The summed E-state index contributed by atoms with van der Waals surface area (Å²) in [6.07, 6.45) is -11.9. The van der Waals surface area contributed by atoms with Gasteiger partial charge in [0.05, 0.1) is 0 Å². The average Bonchev–Trinajstić information content (AvgIpc) is 2.26. The normalized spacial score (nSPS) is 15.8. The molecule has 0 amide bonds. The molecule has 0 aliphatic rings. The first-order valence-electron chi connectivity index (χ1n) is 5.63. The van der Waals surface area contributed by atoms with Crippen molar-refractivity contribution in [3.63, 3.8) is 0 Å². The molecule has 0 aromatic rings. The van der Waals surface area contributed by atoms with E-state index < -0.39 is 68.5 Å². The van der Waals surface area contributed by atoms with Crippen molar-refractivity contribution in [2.45, 2.75) is 22.9 Å². The minimum atomic E-state index is -6.51. The van der Waals surface area contributed by atoms with Crippen LogP contribution in [0.3, 0.4) is 0 Å². The fraction of sp³-hybridized carbons (Fsp3) is 0.750. The summed E-state index contributed by atoms with van der Waals surface area (Å²) >= 11 is 0. The second-order valence-electron chi connectivity index (χ2n) is 4.13. The van der Waals surface area contributed by atoms with Crippen molar-refractivity contribution < 1.29 is 70.0 Å². The fourth-order valence-corrected chi connectivity index (χ4v) is 2.49. The number of rotatable bonds is 7. The molecule has 2 unspecified atom stereocenters. The molecule has 0 rings (SSSR count). The highest BCUT2D eigenvalue weighted by atomic mass is 32.3. The van der Waals surface area contributed by atoms with Crippen LogP contribution in [0, 0.1) is 0 Å². The third kappa shape index (κ3) is 7.26. The van der Waals surface area contributed by atoms with Gasteiger partial charge in [-0.15, -0.1) is 7.77 Å². The highest BCUT2D eigenvalue weighted by Crippen LogP contribution is 2.29. The molecule has 0 saturated heterocycles. The minimum absolute atomic E-state index is 1.52.